The molecular formula is C21H31ClN2OSi. The Bertz CT molecular complexity index is 701. The van der Waals surface area contributed by atoms with E-state index in [0.717, 1.165) is 12.1 Å². The first-order valence-corrected chi connectivity index (χ1v) is 12.4. The van der Waals surface area contributed by atoms with Crippen molar-refractivity contribution in [1.29, 1.82) is 0 Å². The van der Waals surface area contributed by atoms with E-state index in [-0.39, 0.29) is 11.3 Å². The van der Waals surface area contributed by atoms with Crippen LogP contribution < -0.4 is 0 Å². The normalized spacial score (nSPS) is 13.8. The van der Waals surface area contributed by atoms with Crippen LogP contribution in [0.5, 0.6) is 0 Å². The summed E-state index contributed by atoms with van der Waals surface area (Å²) >= 11 is 6.31. The van der Waals surface area contributed by atoms with Crippen LogP contribution in [0.15, 0.2) is 48.7 Å². The number of pyridine rings is 1. The van der Waals surface area contributed by atoms with Gasteiger partial charge in [-0.25, -0.2) is 4.98 Å². The second-order valence-electron chi connectivity index (χ2n) is 8.32. The van der Waals surface area contributed by atoms with Gasteiger partial charge in [0, 0.05) is 24.8 Å². The number of benzene rings is 1. The van der Waals surface area contributed by atoms with Crippen molar-refractivity contribution in [1.82, 2.24) is 9.88 Å². The molecule has 0 saturated carbocycles. The Hall–Kier alpha value is -1.20. The highest BCUT2D eigenvalue weighted by Gasteiger charge is 2.39. The summed E-state index contributed by atoms with van der Waals surface area (Å²) < 4.78 is 6.65. The summed E-state index contributed by atoms with van der Waals surface area (Å²) in [6.45, 7) is 15.1. The highest BCUT2D eigenvalue weighted by molar-refractivity contribution is 6.74. The van der Waals surface area contributed by atoms with Gasteiger partial charge >= 0.3 is 0 Å². The number of halogens is 1. The first-order chi connectivity index (χ1) is 12.1. The molecule has 1 atom stereocenters. The molecule has 1 aromatic heterocycles. The van der Waals surface area contributed by atoms with Crippen LogP contribution in [0.2, 0.25) is 23.3 Å². The van der Waals surface area contributed by atoms with Crippen molar-refractivity contribution in [2.75, 3.05) is 0 Å². The topological polar surface area (TPSA) is 25.4 Å². The lowest BCUT2D eigenvalue weighted by atomic mass is 10.2. The van der Waals surface area contributed by atoms with Crippen molar-refractivity contribution in [3.05, 3.63) is 64.9 Å². The maximum atomic E-state index is 6.65. The molecule has 1 unspecified atom stereocenters. The number of nitrogens with zero attached hydrogens (tertiary/aromatic N) is 2. The molecule has 0 N–H and O–H groups in total. The maximum absolute atomic E-state index is 6.65. The molecule has 26 heavy (non-hydrogen) atoms. The highest BCUT2D eigenvalue weighted by Crippen LogP contribution is 2.38. The summed E-state index contributed by atoms with van der Waals surface area (Å²) in [6, 6.07) is 14.5. The van der Waals surface area contributed by atoms with E-state index in [0.29, 0.717) is 11.7 Å². The standard InChI is InChI=1S/C21H31ClN2OSi/c1-17(25-26(5,6)21(2,3)4)24(15-18-11-8-7-9-12-18)16-19-13-10-14-23-20(19)22/h7-14,17H,15-16H2,1-6H3. The SMILES string of the molecule is CC(O[Si](C)(C)C(C)(C)C)N(Cc1ccccc1)Cc1cccnc1Cl. The molecule has 0 fully saturated rings. The first-order valence-electron chi connectivity index (χ1n) is 9.15. The number of hydrogen-bond donors (Lipinski definition) is 0. The number of hydrogen-bond acceptors (Lipinski definition) is 3. The fourth-order valence-corrected chi connectivity index (χ4v) is 4.10. The van der Waals surface area contributed by atoms with Crippen LogP contribution in [0.4, 0.5) is 0 Å². The van der Waals surface area contributed by atoms with Crippen LogP contribution in [0.1, 0.15) is 38.8 Å². The zero-order valence-corrected chi connectivity index (χ0v) is 18.5. The minimum Gasteiger partial charge on any atom is -0.402 e. The molecule has 142 valence electrons. The van der Waals surface area contributed by atoms with Crippen molar-refractivity contribution in [3.8, 4) is 0 Å². The Labute approximate surface area is 164 Å². The van der Waals surface area contributed by atoms with Gasteiger partial charge in [0.15, 0.2) is 8.32 Å². The molecule has 2 rings (SSSR count). The van der Waals surface area contributed by atoms with Gasteiger partial charge in [0.25, 0.3) is 0 Å². The van der Waals surface area contributed by atoms with Crippen molar-refractivity contribution < 1.29 is 4.43 Å². The van der Waals surface area contributed by atoms with E-state index < -0.39 is 8.32 Å². The maximum Gasteiger partial charge on any atom is 0.194 e. The van der Waals surface area contributed by atoms with Gasteiger partial charge < -0.3 is 4.43 Å². The summed E-state index contributed by atoms with van der Waals surface area (Å²) in [4.78, 5) is 6.55. The quantitative estimate of drug-likeness (QED) is 0.324. The van der Waals surface area contributed by atoms with Crippen LogP contribution in [0.25, 0.3) is 0 Å². The summed E-state index contributed by atoms with van der Waals surface area (Å²) in [6.07, 6.45) is 1.72. The predicted octanol–water partition coefficient (Wildman–Crippen LogP) is 6.11. The predicted molar refractivity (Wildman–Crippen MR) is 113 cm³/mol. The summed E-state index contributed by atoms with van der Waals surface area (Å²) in [5.41, 5.74) is 2.29. The molecule has 0 bridgehead atoms. The van der Waals surface area contributed by atoms with E-state index in [2.05, 4.69) is 74.9 Å². The molecule has 0 aliphatic rings. The summed E-state index contributed by atoms with van der Waals surface area (Å²) in [5.74, 6) is 0. The largest absolute Gasteiger partial charge is 0.402 e. The van der Waals surface area contributed by atoms with Crippen LogP contribution in [-0.2, 0) is 17.5 Å². The monoisotopic (exact) mass is 390 g/mol. The van der Waals surface area contributed by atoms with Crippen molar-refractivity contribution in [3.63, 3.8) is 0 Å². The fourth-order valence-electron chi connectivity index (χ4n) is 2.56. The van der Waals surface area contributed by atoms with E-state index in [9.17, 15) is 0 Å². The lowest BCUT2D eigenvalue weighted by molar-refractivity contribution is 0.0161. The van der Waals surface area contributed by atoms with E-state index in [1.165, 1.54) is 5.56 Å². The molecule has 2 aromatic rings. The third kappa shape index (κ3) is 5.65. The zero-order chi connectivity index (χ0) is 19.4. The minimum absolute atomic E-state index is 0.00706. The van der Waals surface area contributed by atoms with Crippen LogP contribution >= 0.6 is 11.6 Å². The summed E-state index contributed by atoms with van der Waals surface area (Å²) in [7, 11) is -1.87. The fraction of sp³-hybridized carbons (Fsp3) is 0.476. The first kappa shape index (κ1) is 21.1. The Morgan fingerprint density at radius 3 is 2.31 bits per heavy atom. The molecule has 0 spiro atoms. The van der Waals surface area contributed by atoms with Gasteiger partial charge in [-0.2, -0.15) is 0 Å². The second kappa shape index (κ2) is 8.66. The third-order valence-electron chi connectivity index (χ3n) is 5.22. The van der Waals surface area contributed by atoms with Gasteiger partial charge in [-0.05, 0) is 36.7 Å². The Morgan fingerprint density at radius 1 is 1.08 bits per heavy atom. The average molecular weight is 391 g/mol. The van der Waals surface area contributed by atoms with Crippen LogP contribution in [0, 0.1) is 0 Å². The molecule has 5 heteroatoms. The Morgan fingerprint density at radius 2 is 1.73 bits per heavy atom. The average Bonchev–Trinajstić information content (AvgIpc) is 2.55. The zero-order valence-electron chi connectivity index (χ0n) is 16.8. The van der Waals surface area contributed by atoms with E-state index in [1.54, 1.807) is 6.20 Å². The van der Waals surface area contributed by atoms with Crippen molar-refractivity contribution >= 4 is 19.9 Å². The molecule has 0 amide bonds. The third-order valence-corrected chi connectivity index (χ3v) is 10.1. The second-order valence-corrected chi connectivity index (χ2v) is 13.4. The number of aromatic nitrogens is 1. The van der Waals surface area contributed by atoms with E-state index >= 15 is 0 Å². The molecule has 0 aliphatic heterocycles. The van der Waals surface area contributed by atoms with Gasteiger partial charge in [0.05, 0.1) is 6.23 Å². The molecule has 0 saturated heterocycles. The molecule has 1 heterocycles. The molecule has 1 aromatic carbocycles. The molecule has 0 radical (unpaired) electrons. The van der Waals surface area contributed by atoms with E-state index in [4.69, 9.17) is 16.0 Å². The van der Waals surface area contributed by atoms with Crippen molar-refractivity contribution in [2.24, 2.45) is 0 Å². The van der Waals surface area contributed by atoms with Crippen molar-refractivity contribution in [2.45, 2.75) is 65.1 Å². The lowest BCUT2D eigenvalue weighted by Gasteiger charge is -2.41. The highest BCUT2D eigenvalue weighted by atomic mass is 35.5. The minimum atomic E-state index is -1.87. The van der Waals surface area contributed by atoms with Gasteiger partial charge in [0.2, 0.25) is 0 Å². The lowest BCUT2D eigenvalue weighted by Crippen LogP contribution is -2.48. The van der Waals surface area contributed by atoms with Gasteiger partial charge in [0.1, 0.15) is 5.15 Å². The van der Waals surface area contributed by atoms with Crippen LogP contribution in [-0.4, -0.2) is 24.4 Å². The van der Waals surface area contributed by atoms with Crippen LogP contribution in [0.3, 0.4) is 0 Å². The number of rotatable bonds is 7. The molecule has 0 aliphatic carbocycles. The summed E-state index contributed by atoms with van der Waals surface area (Å²) in [5, 5.41) is 0.733. The molecule has 3 nitrogen and oxygen atoms in total. The van der Waals surface area contributed by atoms with Gasteiger partial charge in [-0.15, -0.1) is 0 Å². The van der Waals surface area contributed by atoms with E-state index in [1.807, 2.05) is 18.2 Å². The smallest absolute Gasteiger partial charge is 0.194 e. The molecular weight excluding hydrogens is 360 g/mol. The van der Waals surface area contributed by atoms with Gasteiger partial charge in [-0.3, -0.25) is 4.90 Å². The Balaban J connectivity index is 2.23. The van der Waals surface area contributed by atoms with Gasteiger partial charge in [-0.1, -0.05) is 68.8 Å². The Kier molecular flexibility index (Phi) is 7.03.